The second kappa shape index (κ2) is 10.2. The lowest BCUT2D eigenvalue weighted by atomic mass is 10.1. The highest BCUT2D eigenvalue weighted by Crippen LogP contribution is 2.21. The second-order valence-electron chi connectivity index (χ2n) is 5.28. The lowest BCUT2D eigenvalue weighted by molar-refractivity contribution is 0.0949. The summed E-state index contributed by atoms with van der Waals surface area (Å²) < 4.78 is 4.98. The van der Waals surface area contributed by atoms with Crippen LogP contribution in [0.3, 0.4) is 0 Å². The maximum atomic E-state index is 12.2. The van der Waals surface area contributed by atoms with Crippen LogP contribution in [0.25, 0.3) is 0 Å². The van der Waals surface area contributed by atoms with Crippen LogP contribution >= 0.6 is 23.2 Å². The number of carbonyl (C=O) groups is 1. The van der Waals surface area contributed by atoms with Crippen LogP contribution in [0.5, 0.6) is 0 Å². The SMILES string of the molecule is COCCCNc1nccc(C(=O)NCCc2ccc(Cl)cc2Cl)n1. The number of amides is 1. The molecule has 0 unspecified atom stereocenters. The molecule has 0 spiro atoms. The summed E-state index contributed by atoms with van der Waals surface area (Å²) in [5, 5.41) is 7.06. The smallest absolute Gasteiger partial charge is 0.270 e. The third-order valence-corrected chi connectivity index (χ3v) is 3.98. The number of aromatic nitrogens is 2. The average molecular weight is 383 g/mol. The largest absolute Gasteiger partial charge is 0.385 e. The highest BCUT2D eigenvalue weighted by molar-refractivity contribution is 6.35. The summed E-state index contributed by atoms with van der Waals surface area (Å²) in [6, 6.07) is 6.89. The van der Waals surface area contributed by atoms with E-state index in [2.05, 4.69) is 20.6 Å². The molecule has 1 amide bonds. The van der Waals surface area contributed by atoms with Crippen molar-refractivity contribution in [3.8, 4) is 0 Å². The molecule has 25 heavy (non-hydrogen) atoms. The molecule has 0 aliphatic carbocycles. The third-order valence-electron chi connectivity index (χ3n) is 3.39. The number of ether oxygens (including phenoxy) is 1. The lowest BCUT2D eigenvalue weighted by Crippen LogP contribution is -2.27. The van der Waals surface area contributed by atoms with Crippen molar-refractivity contribution in [3.63, 3.8) is 0 Å². The predicted molar refractivity (Wildman–Crippen MR) is 99.5 cm³/mol. The van der Waals surface area contributed by atoms with Gasteiger partial charge < -0.3 is 15.4 Å². The fourth-order valence-corrected chi connectivity index (χ4v) is 2.62. The Bertz CT molecular complexity index is 713. The van der Waals surface area contributed by atoms with Gasteiger partial charge in [-0.25, -0.2) is 9.97 Å². The van der Waals surface area contributed by atoms with Crippen molar-refractivity contribution in [1.29, 1.82) is 0 Å². The Morgan fingerprint density at radius 1 is 1.24 bits per heavy atom. The highest BCUT2D eigenvalue weighted by atomic mass is 35.5. The van der Waals surface area contributed by atoms with Crippen LogP contribution in [0.2, 0.25) is 10.0 Å². The van der Waals surface area contributed by atoms with E-state index in [0.717, 1.165) is 12.0 Å². The van der Waals surface area contributed by atoms with Crippen molar-refractivity contribution in [2.45, 2.75) is 12.8 Å². The molecule has 0 saturated heterocycles. The highest BCUT2D eigenvalue weighted by Gasteiger charge is 2.09. The van der Waals surface area contributed by atoms with Crippen molar-refractivity contribution in [2.24, 2.45) is 0 Å². The first kappa shape index (κ1) is 19.4. The van der Waals surface area contributed by atoms with E-state index >= 15 is 0 Å². The normalized spacial score (nSPS) is 10.5. The maximum absolute atomic E-state index is 12.2. The summed E-state index contributed by atoms with van der Waals surface area (Å²) in [6.07, 6.45) is 2.99. The first-order chi connectivity index (χ1) is 12.1. The number of nitrogens with zero attached hydrogens (tertiary/aromatic N) is 2. The van der Waals surface area contributed by atoms with Crippen LogP contribution in [0, 0.1) is 0 Å². The minimum atomic E-state index is -0.257. The Balaban J connectivity index is 1.83. The summed E-state index contributed by atoms with van der Waals surface area (Å²) in [4.78, 5) is 20.5. The predicted octanol–water partition coefficient (Wildman–Crippen LogP) is 3.20. The molecule has 1 aromatic carbocycles. The molecule has 2 aromatic rings. The van der Waals surface area contributed by atoms with Crippen LogP contribution in [0.15, 0.2) is 30.5 Å². The summed E-state index contributed by atoms with van der Waals surface area (Å²) >= 11 is 12.0. The Kier molecular flexibility index (Phi) is 7.91. The second-order valence-corrected chi connectivity index (χ2v) is 6.12. The van der Waals surface area contributed by atoms with E-state index in [1.54, 1.807) is 31.5 Å². The van der Waals surface area contributed by atoms with Crippen LogP contribution in [0.4, 0.5) is 5.95 Å². The number of halogens is 2. The fourth-order valence-electron chi connectivity index (χ4n) is 2.11. The molecular weight excluding hydrogens is 363 g/mol. The number of rotatable bonds is 9. The van der Waals surface area contributed by atoms with Gasteiger partial charge in [0, 0.05) is 43.0 Å². The molecule has 1 heterocycles. The average Bonchev–Trinajstić information content (AvgIpc) is 2.61. The third kappa shape index (κ3) is 6.49. The number of hydrogen-bond acceptors (Lipinski definition) is 5. The molecule has 0 bridgehead atoms. The molecule has 0 atom stereocenters. The van der Waals surface area contributed by atoms with E-state index in [4.69, 9.17) is 27.9 Å². The summed E-state index contributed by atoms with van der Waals surface area (Å²) in [6.45, 7) is 1.77. The molecule has 134 valence electrons. The molecule has 2 N–H and O–H groups in total. The van der Waals surface area contributed by atoms with E-state index in [9.17, 15) is 4.79 Å². The van der Waals surface area contributed by atoms with E-state index in [-0.39, 0.29) is 5.91 Å². The van der Waals surface area contributed by atoms with Crippen LogP contribution in [-0.4, -0.2) is 42.7 Å². The zero-order valence-corrected chi connectivity index (χ0v) is 15.4. The topological polar surface area (TPSA) is 76.1 Å². The number of methoxy groups -OCH3 is 1. The summed E-state index contributed by atoms with van der Waals surface area (Å²) in [5.41, 5.74) is 1.24. The standard InChI is InChI=1S/C17H20Cl2N4O2/c1-25-10-2-7-21-17-22-9-6-15(23-17)16(24)20-8-5-12-3-4-13(18)11-14(12)19/h3-4,6,9,11H,2,5,7-8,10H2,1H3,(H,20,24)(H,21,22,23). The molecule has 0 saturated carbocycles. The number of hydrogen-bond donors (Lipinski definition) is 2. The first-order valence-corrected chi connectivity index (χ1v) is 8.63. The van der Waals surface area contributed by atoms with Crippen molar-refractivity contribution in [1.82, 2.24) is 15.3 Å². The molecule has 1 aromatic heterocycles. The van der Waals surface area contributed by atoms with Crippen LogP contribution < -0.4 is 10.6 Å². The van der Waals surface area contributed by atoms with Gasteiger partial charge in [0.05, 0.1) is 0 Å². The fraction of sp³-hybridized carbons (Fsp3) is 0.353. The number of nitrogens with one attached hydrogen (secondary N) is 2. The summed E-state index contributed by atoms with van der Waals surface area (Å²) in [5.74, 6) is 0.164. The van der Waals surface area contributed by atoms with Crippen LogP contribution in [-0.2, 0) is 11.2 Å². The van der Waals surface area contributed by atoms with Gasteiger partial charge in [-0.2, -0.15) is 0 Å². The van der Waals surface area contributed by atoms with Crippen molar-refractivity contribution >= 4 is 35.1 Å². The van der Waals surface area contributed by atoms with E-state index in [1.807, 2.05) is 6.07 Å². The quantitative estimate of drug-likeness (QED) is 0.651. The van der Waals surface area contributed by atoms with Gasteiger partial charge in [-0.15, -0.1) is 0 Å². The Hall–Kier alpha value is -1.89. The minimum Gasteiger partial charge on any atom is -0.385 e. The van der Waals surface area contributed by atoms with Gasteiger partial charge in [0.1, 0.15) is 5.69 Å². The van der Waals surface area contributed by atoms with Gasteiger partial charge in [0.2, 0.25) is 5.95 Å². The molecular formula is C17H20Cl2N4O2. The van der Waals surface area contributed by atoms with Crippen molar-refractivity contribution in [3.05, 3.63) is 51.8 Å². The Morgan fingerprint density at radius 3 is 2.84 bits per heavy atom. The van der Waals surface area contributed by atoms with Crippen LogP contribution in [0.1, 0.15) is 22.5 Å². The van der Waals surface area contributed by atoms with Gasteiger partial charge in [0.25, 0.3) is 5.91 Å². The Morgan fingerprint density at radius 2 is 2.08 bits per heavy atom. The molecule has 6 nitrogen and oxygen atoms in total. The summed E-state index contributed by atoms with van der Waals surface area (Å²) in [7, 11) is 1.65. The zero-order valence-electron chi connectivity index (χ0n) is 13.9. The van der Waals surface area contributed by atoms with E-state index in [0.29, 0.717) is 47.8 Å². The molecule has 0 aliphatic heterocycles. The van der Waals surface area contributed by atoms with Gasteiger partial charge >= 0.3 is 0 Å². The number of carbonyl (C=O) groups excluding carboxylic acids is 1. The lowest BCUT2D eigenvalue weighted by Gasteiger charge is -2.08. The van der Waals surface area contributed by atoms with Gasteiger partial charge in [-0.05, 0) is 36.6 Å². The monoisotopic (exact) mass is 382 g/mol. The molecule has 0 radical (unpaired) electrons. The Labute approximate surface area is 156 Å². The minimum absolute atomic E-state index is 0.257. The maximum Gasteiger partial charge on any atom is 0.270 e. The first-order valence-electron chi connectivity index (χ1n) is 7.88. The van der Waals surface area contributed by atoms with Gasteiger partial charge in [0.15, 0.2) is 0 Å². The van der Waals surface area contributed by atoms with Crippen molar-refractivity contribution < 1.29 is 9.53 Å². The van der Waals surface area contributed by atoms with Gasteiger partial charge in [-0.1, -0.05) is 29.3 Å². The van der Waals surface area contributed by atoms with E-state index < -0.39 is 0 Å². The molecule has 8 heteroatoms. The molecule has 2 rings (SSSR count). The molecule has 0 aliphatic rings. The molecule has 0 fully saturated rings. The zero-order chi connectivity index (χ0) is 18.1. The van der Waals surface area contributed by atoms with E-state index in [1.165, 1.54) is 0 Å². The number of benzene rings is 1. The van der Waals surface area contributed by atoms with Gasteiger partial charge in [-0.3, -0.25) is 4.79 Å². The van der Waals surface area contributed by atoms with Crippen molar-refractivity contribution in [2.75, 3.05) is 32.1 Å². The number of anilines is 1.